The number of Topliss-reactive ketones (excluding diaryl/α,β-unsaturated/α-hetero) is 1. The lowest BCUT2D eigenvalue weighted by molar-refractivity contribution is -0.0569. The molecule has 1 aromatic carbocycles. The highest BCUT2D eigenvalue weighted by Crippen LogP contribution is 2.27. The molecule has 0 unspecified atom stereocenters. The van der Waals surface area contributed by atoms with E-state index in [1.54, 1.807) is 13.0 Å². The number of hydrogen-bond donors (Lipinski definition) is 1. The van der Waals surface area contributed by atoms with Crippen LogP contribution in [-0.2, 0) is 10.3 Å². The zero-order valence-corrected chi connectivity index (χ0v) is 8.12. The van der Waals surface area contributed by atoms with Crippen LogP contribution in [0.2, 0.25) is 0 Å². The molecule has 1 heterocycles. The number of ether oxygens (including phenoxy) is 1. The van der Waals surface area contributed by atoms with Gasteiger partial charge in [0.2, 0.25) is 0 Å². The number of rotatable bonds is 2. The van der Waals surface area contributed by atoms with Crippen LogP contribution >= 0.6 is 0 Å². The lowest BCUT2D eigenvalue weighted by atomic mass is 9.88. The Kier molecular flexibility index (Phi) is 2.13. The maximum atomic E-state index is 11.2. The standard InChI is InChI=1S/C11H13NO2/c1-8(13)9-3-2-4-10(5-9)11(12)6-14-7-11/h2-5H,6-7,12H2,1H3. The quantitative estimate of drug-likeness (QED) is 0.711. The Morgan fingerprint density at radius 1 is 1.50 bits per heavy atom. The first-order valence-corrected chi connectivity index (χ1v) is 4.60. The third kappa shape index (κ3) is 1.45. The highest BCUT2D eigenvalue weighted by molar-refractivity contribution is 5.94. The molecule has 0 bridgehead atoms. The molecule has 0 aliphatic carbocycles. The number of carbonyl (C=O) groups is 1. The summed E-state index contributed by atoms with van der Waals surface area (Å²) in [5, 5.41) is 0. The van der Waals surface area contributed by atoms with Gasteiger partial charge in [-0.3, -0.25) is 4.79 Å². The van der Waals surface area contributed by atoms with Gasteiger partial charge in [-0.2, -0.15) is 0 Å². The lowest BCUT2D eigenvalue weighted by Gasteiger charge is -2.38. The summed E-state index contributed by atoms with van der Waals surface area (Å²) in [6.07, 6.45) is 0. The number of carbonyl (C=O) groups excluding carboxylic acids is 1. The SMILES string of the molecule is CC(=O)c1cccc(C2(N)COC2)c1. The molecule has 3 nitrogen and oxygen atoms in total. The van der Waals surface area contributed by atoms with Crippen LogP contribution in [0.15, 0.2) is 24.3 Å². The average Bonchev–Trinajstić information content (AvgIpc) is 2.14. The summed E-state index contributed by atoms with van der Waals surface area (Å²) >= 11 is 0. The molecule has 74 valence electrons. The molecule has 1 aromatic rings. The van der Waals surface area contributed by atoms with Gasteiger partial charge in [0.05, 0.1) is 18.8 Å². The zero-order valence-electron chi connectivity index (χ0n) is 8.12. The second-order valence-corrected chi connectivity index (χ2v) is 3.79. The van der Waals surface area contributed by atoms with E-state index in [0.717, 1.165) is 5.56 Å². The first-order chi connectivity index (χ1) is 6.62. The van der Waals surface area contributed by atoms with Gasteiger partial charge in [-0.1, -0.05) is 18.2 Å². The Hall–Kier alpha value is -1.19. The van der Waals surface area contributed by atoms with Gasteiger partial charge in [-0.25, -0.2) is 0 Å². The van der Waals surface area contributed by atoms with Crippen LogP contribution in [0.4, 0.5) is 0 Å². The summed E-state index contributed by atoms with van der Waals surface area (Å²) in [5.41, 5.74) is 7.36. The zero-order chi connectivity index (χ0) is 10.2. The van der Waals surface area contributed by atoms with E-state index in [1.807, 2.05) is 18.2 Å². The Morgan fingerprint density at radius 2 is 2.21 bits per heavy atom. The first-order valence-electron chi connectivity index (χ1n) is 4.60. The van der Waals surface area contributed by atoms with Crippen LogP contribution < -0.4 is 5.73 Å². The largest absolute Gasteiger partial charge is 0.377 e. The van der Waals surface area contributed by atoms with Crippen LogP contribution in [0, 0.1) is 0 Å². The second kappa shape index (κ2) is 3.19. The van der Waals surface area contributed by atoms with Gasteiger partial charge in [0.1, 0.15) is 0 Å². The number of ketones is 1. The van der Waals surface area contributed by atoms with Gasteiger partial charge in [0.25, 0.3) is 0 Å². The smallest absolute Gasteiger partial charge is 0.159 e. The van der Waals surface area contributed by atoms with Crippen molar-refractivity contribution in [2.45, 2.75) is 12.5 Å². The third-order valence-corrected chi connectivity index (χ3v) is 2.56. The predicted molar refractivity (Wildman–Crippen MR) is 53.1 cm³/mol. The molecule has 0 radical (unpaired) electrons. The van der Waals surface area contributed by atoms with Crippen LogP contribution in [0.1, 0.15) is 22.8 Å². The van der Waals surface area contributed by atoms with E-state index >= 15 is 0 Å². The molecular formula is C11H13NO2. The van der Waals surface area contributed by atoms with E-state index in [4.69, 9.17) is 10.5 Å². The van der Waals surface area contributed by atoms with Crippen molar-refractivity contribution in [3.8, 4) is 0 Å². The fraction of sp³-hybridized carbons (Fsp3) is 0.364. The molecule has 14 heavy (non-hydrogen) atoms. The summed E-state index contributed by atoms with van der Waals surface area (Å²) in [5.74, 6) is 0.0655. The van der Waals surface area contributed by atoms with Gasteiger partial charge in [-0.15, -0.1) is 0 Å². The summed E-state index contributed by atoms with van der Waals surface area (Å²) in [6.45, 7) is 2.63. The van der Waals surface area contributed by atoms with E-state index in [9.17, 15) is 4.79 Å². The van der Waals surface area contributed by atoms with Crippen molar-refractivity contribution in [3.63, 3.8) is 0 Å². The molecule has 2 rings (SSSR count). The summed E-state index contributed by atoms with van der Waals surface area (Å²) in [6, 6.07) is 7.45. The van der Waals surface area contributed by atoms with Crippen molar-refractivity contribution < 1.29 is 9.53 Å². The predicted octanol–water partition coefficient (Wildman–Crippen LogP) is 1.07. The normalized spacial score (nSPS) is 18.7. The van der Waals surface area contributed by atoms with Gasteiger partial charge in [-0.05, 0) is 18.6 Å². The number of nitrogens with two attached hydrogens (primary N) is 1. The Morgan fingerprint density at radius 3 is 2.71 bits per heavy atom. The molecule has 3 heteroatoms. The summed E-state index contributed by atoms with van der Waals surface area (Å²) in [4.78, 5) is 11.2. The van der Waals surface area contributed by atoms with Crippen molar-refractivity contribution in [2.75, 3.05) is 13.2 Å². The highest BCUT2D eigenvalue weighted by Gasteiger charge is 2.36. The van der Waals surface area contributed by atoms with Crippen molar-refractivity contribution >= 4 is 5.78 Å². The minimum atomic E-state index is -0.383. The average molecular weight is 191 g/mol. The van der Waals surface area contributed by atoms with Gasteiger partial charge >= 0.3 is 0 Å². The fourth-order valence-electron chi connectivity index (χ4n) is 1.54. The molecule has 0 amide bonds. The third-order valence-electron chi connectivity index (χ3n) is 2.56. The molecule has 0 atom stereocenters. The molecule has 1 saturated heterocycles. The summed E-state index contributed by atoms with van der Waals surface area (Å²) < 4.78 is 5.08. The molecule has 0 spiro atoms. The van der Waals surface area contributed by atoms with Crippen molar-refractivity contribution in [1.82, 2.24) is 0 Å². The van der Waals surface area contributed by atoms with Crippen LogP contribution in [0.5, 0.6) is 0 Å². The molecule has 1 fully saturated rings. The lowest BCUT2D eigenvalue weighted by Crippen LogP contribution is -2.54. The topological polar surface area (TPSA) is 52.3 Å². The molecule has 1 aliphatic rings. The Balaban J connectivity index is 2.35. The van der Waals surface area contributed by atoms with Gasteiger partial charge in [0, 0.05) is 5.56 Å². The van der Waals surface area contributed by atoms with E-state index in [2.05, 4.69) is 0 Å². The Labute approximate surface area is 82.9 Å². The van der Waals surface area contributed by atoms with Crippen molar-refractivity contribution in [3.05, 3.63) is 35.4 Å². The first kappa shape index (κ1) is 9.37. The molecule has 2 N–H and O–H groups in total. The van der Waals surface area contributed by atoms with Crippen LogP contribution in [0.3, 0.4) is 0 Å². The minimum Gasteiger partial charge on any atom is -0.377 e. The van der Waals surface area contributed by atoms with E-state index in [-0.39, 0.29) is 11.3 Å². The van der Waals surface area contributed by atoms with E-state index in [0.29, 0.717) is 18.8 Å². The molecule has 0 aromatic heterocycles. The van der Waals surface area contributed by atoms with E-state index in [1.165, 1.54) is 0 Å². The maximum Gasteiger partial charge on any atom is 0.159 e. The molecule has 1 aliphatic heterocycles. The number of benzene rings is 1. The Bertz CT molecular complexity index is 369. The van der Waals surface area contributed by atoms with Crippen molar-refractivity contribution in [2.24, 2.45) is 5.73 Å². The monoisotopic (exact) mass is 191 g/mol. The van der Waals surface area contributed by atoms with Gasteiger partial charge in [0.15, 0.2) is 5.78 Å². The van der Waals surface area contributed by atoms with Gasteiger partial charge < -0.3 is 10.5 Å². The minimum absolute atomic E-state index is 0.0655. The summed E-state index contributed by atoms with van der Waals surface area (Å²) in [7, 11) is 0. The number of hydrogen-bond acceptors (Lipinski definition) is 3. The van der Waals surface area contributed by atoms with Crippen LogP contribution in [0.25, 0.3) is 0 Å². The van der Waals surface area contributed by atoms with E-state index < -0.39 is 0 Å². The van der Waals surface area contributed by atoms with Crippen molar-refractivity contribution in [1.29, 1.82) is 0 Å². The highest BCUT2D eigenvalue weighted by atomic mass is 16.5. The molecular weight excluding hydrogens is 178 g/mol. The fourth-order valence-corrected chi connectivity index (χ4v) is 1.54. The molecule has 0 saturated carbocycles. The second-order valence-electron chi connectivity index (χ2n) is 3.79. The van der Waals surface area contributed by atoms with Crippen LogP contribution in [-0.4, -0.2) is 19.0 Å². The maximum absolute atomic E-state index is 11.2.